The first-order chi connectivity index (χ1) is 6.61. The first kappa shape index (κ1) is 10.7. The van der Waals surface area contributed by atoms with Crippen LogP contribution in [0, 0.1) is 11.3 Å². The van der Waals surface area contributed by atoms with Gasteiger partial charge in [-0.1, -0.05) is 0 Å². The van der Waals surface area contributed by atoms with Crippen molar-refractivity contribution in [2.24, 2.45) is 0 Å². The molecule has 0 radical (unpaired) electrons. The molecule has 0 bridgehead atoms. The largest absolute Gasteiger partial charge is 0.328 e. The van der Waals surface area contributed by atoms with E-state index >= 15 is 0 Å². The Balaban J connectivity index is 3.54. The van der Waals surface area contributed by atoms with E-state index in [4.69, 9.17) is 16.9 Å². The van der Waals surface area contributed by atoms with Gasteiger partial charge in [-0.2, -0.15) is 5.26 Å². The normalized spacial score (nSPS) is 10.2. The van der Waals surface area contributed by atoms with Crippen LogP contribution < -0.4 is 5.56 Å². The van der Waals surface area contributed by atoms with Crippen molar-refractivity contribution in [1.29, 1.82) is 5.26 Å². The lowest BCUT2D eigenvalue weighted by Gasteiger charge is -2.06. The fraction of sp³-hybridized carbons (Fsp3) is 0.250. The Labute approximate surface area is 82.9 Å². The van der Waals surface area contributed by atoms with Crippen LogP contribution in [-0.2, 0) is 5.88 Å². The maximum Gasteiger partial charge on any atom is 0.266 e. The van der Waals surface area contributed by atoms with E-state index in [1.165, 1.54) is 6.07 Å². The summed E-state index contributed by atoms with van der Waals surface area (Å²) in [6.07, 6.45) is -1.78. The van der Waals surface area contributed by atoms with Crippen molar-refractivity contribution in [3.8, 4) is 6.07 Å². The molecule has 0 saturated carbocycles. The van der Waals surface area contributed by atoms with E-state index in [2.05, 4.69) is 4.98 Å². The fourth-order valence-electron chi connectivity index (χ4n) is 1.06. The maximum atomic E-state index is 12.5. The summed E-state index contributed by atoms with van der Waals surface area (Å²) in [7, 11) is 0. The van der Waals surface area contributed by atoms with Crippen LogP contribution in [-0.4, -0.2) is 4.98 Å². The molecule has 1 aromatic rings. The Bertz CT molecular complexity index is 436. The van der Waals surface area contributed by atoms with Crippen molar-refractivity contribution in [3.63, 3.8) is 0 Å². The molecule has 0 aromatic carbocycles. The Hall–Kier alpha value is -1.41. The number of nitrogens with zero attached hydrogens (tertiary/aromatic N) is 1. The van der Waals surface area contributed by atoms with Crippen LogP contribution in [0.15, 0.2) is 11.0 Å². The van der Waals surface area contributed by atoms with Gasteiger partial charge >= 0.3 is 0 Å². The van der Waals surface area contributed by atoms with E-state index in [9.17, 15) is 13.6 Å². The summed E-state index contributed by atoms with van der Waals surface area (Å²) in [5.41, 5.74) is -1.90. The molecule has 0 spiro atoms. The Morgan fingerprint density at radius 1 is 1.64 bits per heavy atom. The fourth-order valence-corrected chi connectivity index (χ4v) is 1.28. The molecule has 6 heteroatoms. The average Bonchev–Trinajstić information content (AvgIpc) is 2.17. The average molecular weight is 219 g/mol. The number of H-pyrrole nitrogens is 1. The monoisotopic (exact) mass is 218 g/mol. The molecule has 0 unspecified atom stereocenters. The number of alkyl halides is 3. The molecule has 14 heavy (non-hydrogen) atoms. The predicted octanol–water partition coefficient (Wildman–Crippen LogP) is 1.92. The van der Waals surface area contributed by atoms with Gasteiger partial charge in [0, 0.05) is 17.6 Å². The minimum atomic E-state index is -2.87. The molecule has 0 aliphatic heterocycles. The number of nitrogens with one attached hydrogen (secondary N) is 1. The molecule has 0 aliphatic carbocycles. The highest BCUT2D eigenvalue weighted by molar-refractivity contribution is 6.17. The molecule has 0 atom stereocenters. The Kier molecular flexibility index (Phi) is 3.20. The number of nitriles is 1. The molecule has 1 heterocycles. The third kappa shape index (κ3) is 1.75. The molecule has 74 valence electrons. The van der Waals surface area contributed by atoms with E-state index in [0.717, 1.165) is 6.20 Å². The van der Waals surface area contributed by atoms with Crippen LogP contribution in [0.1, 0.15) is 23.1 Å². The molecule has 1 N–H and O–H groups in total. The lowest BCUT2D eigenvalue weighted by molar-refractivity contribution is 0.150. The number of pyridine rings is 1. The summed E-state index contributed by atoms with van der Waals surface area (Å²) in [4.78, 5) is 13.2. The maximum absolute atomic E-state index is 12.5. The second kappa shape index (κ2) is 4.20. The summed E-state index contributed by atoms with van der Waals surface area (Å²) in [6.45, 7) is 0. The molecule has 1 rings (SSSR count). The Morgan fingerprint density at radius 2 is 2.29 bits per heavy atom. The third-order valence-corrected chi connectivity index (χ3v) is 1.98. The quantitative estimate of drug-likeness (QED) is 0.771. The Morgan fingerprint density at radius 3 is 2.71 bits per heavy atom. The number of hydrogen-bond acceptors (Lipinski definition) is 2. The molecule has 0 saturated heterocycles. The van der Waals surface area contributed by atoms with Gasteiger partial charge in [0.2, 0.25) is 0 Å². The molecular weight excluding hydrogens is 214 g/mol. The zero-order valence-corrected chi connectivity index (χ0v) is 7.61. The second-order valence-corrected chi connectivity index (χ2v) is 2.75. The molecule has 3 nitrogen and oxygen atoms in total. The third-order valence-electron chi connectivity index (χ3n) is 1.69. The number of hydrogen-bond donors (Lipinski definition) is 1. The van der Waals surface area contributed by atoms with E-state index in [1.807, 2.05) is 0 Å². The first-order valence-electron chi connectivity index (χ1n) is 3.60. The van der Waals surface area contributed by atoms with Crippen LogP contribution in [0.4, 0.5) is 8.78 Å². The van der Waals surface area contributed by atoms with Gasteiger partial charge in [0.25, 0.3) is 12.0 Å². The van der Waals surface area contributed by atoms with Gasteiger partial charge in [0.05, 0.1) is 0 Å². The highest BCUT2D eigenvalue weighted by Gasteiger charge is 2.20. The van der Waals surface area contributed by atoms with Gasteiger partial charge < -0.3 is 4.98 Å². The van der Waals surface area contributed by atoms with E-state index in [1.54, 1.807) is 0 Å². The molecule has 0 fully saturated rings. The first-order valence-corrected chi connectivity index (χ1v) is 4.14. The molecule has 0 amide bonds. The summed E-state index contributed by atoms with van der Waals surface area (Å²) < 4.78 is 25.0. The van der Waals surface area contributed by atoms with Gasteiger partial charge in [-0.25, -0.2) is 8.78 Å². The zero-order chi connectivity index (χ0) is 10.7. The predicted molar refractivity (Wildman–Crippen MR) is 46.3 cm³/mol. The van der Waals surface area contributed by atoms with Crippen molar-refractivity contribution in [2.75, 3.05) is 0 Å². The highest BCUT2D eigenvalue weighted by atomic mass is 35.5. The van der Waals surface area contributed by atoms with Gasteiger partial charge in [0.1, 0.15) is 11.6 Å². The smallest absolute Gasteiger partial charge is 0.266 e. The summed E-state index contributed by atoms with van der Waals surface area (Å²) >= 11 is 5.39. The number of halogens is 3. The van der Waals surface area contributed by atoms with Crippen LogP contribution in [0.2, 0.25) is 0 Å². The van der Waals surface area contributed by atoms with Crippen molar-refractivity contribution < 1.29 is 8.78 Å². The van der Waals surface area contributed by atoms with Gasteiger partial charge in [-0.15, -0.1) is 11.6 Å². The van der Waals surface area contributed by atoms with E-state index < -0.39 is 23.1 Å². The van der Waals surface area contributed by atoms with Crippen LogP contribution in [0.3, 0.4) is 0 Å². The number of aromatic amines is 1. The SMILES string of the molecule is N#Cc1c(C(F)F)c(CCl)c[nH]c1=O. The summed E-state index contributed by atoms with van der Waals surface area (Å²) in [5.74, 6) is -0.175. The van der Waals surface area contributed by atoms with Gasteiger partial charge in [-0.05, 0) is 5.56 Å². The second-order valence-electron chi connectivity index (χ2n) is 2.48. The van der Waals surface area contributed by atoms with Gasteiger partial charge in [0.15, 0.2) is 0 Å². The van der Waals surface area contributed by atoms with Crippen molar-refractivity contribution >= 4 is 11.6 Å². The van der Waals surface area contributed by atoms with Crippen LogP contribution in [0.5, 0.6) is 0 Å². The number of rotatable bonds is 2. The summed E-state index contributed by atoms with van der Waals surface area (Å²) in [6, 6.07) is 1.44. The van der Waals surface area contributed by atoms with E-state index in [0.29, 0.717) is 0 Å². The van der Waals surface area contributed by atoms with Crippen molar-refractivity contribution in [1.82, 2.24) is 4.98 Å². The number of aromatic nitrogens is 1. The molecule has 0 aliphatic rings. The van der Waals surface area contributed by atoms with Crippen molar-refractivity contribution in [2.45, 2.75) is 12.3 Å². The van der Waals surface area contributed by atoms with Crippen LogP contribution in [0.25, 0.3) is 0 Å². The lowest BCUT2D eigenvalue weighted by Crippen LogP contribution is -2.15. The topological polar surface area (TPSA) is 56.6 Å². The minimum Gasteiger partial charge on any atom is -0.328 e. The van der Waals surface area contributed by atoms with E-state index in [-0.39, 0.29) is 11.4 Å². The van der Waals surface area contributed by atoms with Crippen molar-refractivity contribution in [3.05, 3.63) is 33.2 Å². The molecular formula is C8H5ClF2N2O. The standard InChI is InChI=1S/C8H5ClF2N2O/c9-1-4-3-13-8(14)5(2-12)6(4)7(10)11/h3,7H,1H2,(H,13,14). The van der Waals surface area contributed by atoms with Crippen LogP contribution >= 0.6 is 11.6 Å². The summed E-state index contributed by atoms with van der Waals surface area (Å²) in [5, 5.41) is 8.52. The zero-order valence-electron chi connectivity index (χ0n) is 6.85. The lowest BCUT2D eigenvalue weighted by atomic mass is 10.1. The van der Waals surface area contributed by atoms with Gasteiger partial charge in [-0.3, -0.25) is 4.79 Å². The minimum absolute atomic E-state index is 0.0674. The molecule has 1 aromatic heterocycles. The highest BCUT2D eigenvalue weighted by Crippen LogP contribution is 2.24.